The molecule has 0 radical (unpaired) electrons. The number of rotatable bonds is 3. The maximum absolute atomic E-state index is 11.2. The van der Waals surface area contributed by atoms with Gasteiger partial charge in [0.1, 0.15) is 11.4 Å². The largest absolute Gasteiger partial charge is 0.462 e. The maximum atomic E-state index is 11.2. The van der Waals surface area contributed by atoms with E-state index in [0.29, 0.717) is 6.61 Å². The van der Waals surface area contributed by atoms with Crippen LogP contribution in [0.15, 0.2) is 12.8 Å². The highest BCUT2D eigenvalue weighted by Gasteiger charge is 2.14. The summed E-state index contributed by atoms with van der Waals surface area (Å²) in [7, 11) is 0. The standard InChI is InChI=1S/C8H11N3O2/c1-3-11-7(9)6(5-10-11)8(12)13-4-2/h3,5H,1,4,9H2,2H3. The minimum Gasteiger partial charge on any atom is -0.462 e. The van der Waals surface area contributed by atoms with E-state index in [-0.39, 0.29) is 11.4 Å². The highest BCUT2D eigenvalue weighted by molar-refractivity contribution is 5.94. The number of nitrogens with two attached hydrogens (primary N) is 1. The number of hydrogen-bond acceptors (Lipinski definition) is 4. The quantitative estimate of drug-likeness (QED) is 0.698. The van der Waals surface area contributed by atoms with E-state index in [2.05, 4.69) is 11.7 Å². The first-order valence-corrected chi connectivity index (χ1v) is 3.83. The minimum atomic E-state index is -0.465. The fourth-order valence-electron chi connectivity index (χ4n) is 0.883. The lowest BCUT2D eigenvalue weighted by Gasteiger charge is -1.99. The van der Waals surface area contributed by atoms with Gasteiger partial charge in [0.15, 0.2) is 0 Å². The van der Waals surface area contributed by atoms with E-state index in [1.54, 1.807) is 6.92 Å². The lowest BCUT2D eigenvalue weighted by Crippen LogP contribution is -2.07. The predicted octanol–water partition coefficient (Wildman–Crippen LogP) is 0.742. The van der Waals surface area contributed by atoms with Gasteiger partial charge in [-0.15, -0.1) is 0 Å². The zero-order valence-corrected chi connectivity index (χ0v) is 7.36. The second-order valence-electron chi connectivity index (χ2n) is 2.29. The monoisotopic (exact) mass is 181 g/mol. The summed E-state index contributed by atoms with van der Waals surface area (Å²) in [5.41, 5.74) is 5.84. The van der Waals surface area contributed by atoms with E-state index in [1.165, 1.54) is 17.1 Å². The van der Waals surface area contributed by atoms with Crippen LogP contribution in [-0.4, -0.2) is 22.4 Å². The van der Waals surface area contributed by atoms with Crippen molar-refractivity contribution in [3.8, 4) is 0 Å². The molecule has 0 fully saturated rings. The van der Waals surface area contributed by atoms with Gasteiger partial charge in [-0.1, -0.05) is 6.58 Å². The molecule has 0 aromatic carbocycles. The molecular formula is C8H11N3O2. The van der Waals surface area contributed by atoms with Crippen LogP contribution in [0.25, 0.3) is 6.20 Å². The van der Waals surface area contributed by atoms with Crippen LogP contribution in [-0.2, 0) is 4.74 Å². The van der Waals surface area contributed by atoms with Gasteiger partial charge in [0.2, 0.25) is 0 Å². The Bertz CT molecular complexity index is 330. The van der Waals surface area contributed by atoms with Crippen LogP contribution in [0, 0.1) is 0 Å². The van der Waals surface area contributed by atoms with Crippen LogP contribution in [0.5, 0.6) is 0 Å². The summed E-state index contributed by atoms with van der Waals surface area (Å²) in [4.78, 5) is 11.2. The van der Waals surface area contributed by atoms with Crippen molar-refractivity contribution in [2.45, 2.75) is 6.92 Å². The number of ether oxygens (including phenoxy) is 1. The lowest BCUT2D eigenvalue weighted by molar-refractivity contribution is 0.0527. The fraction of sp³-hybridized carbons (Fsp3) is 0.250. The molecule has 0 saturated carbocycles. The molecule has 0 aliphatic rings. The third kappa shape index (κ3) is 1.69. The highest BCUT2D eigenvalue weighted by Crippen LogP contribution is 2.11. The molecule has 0 bridgehead atoms. The molecule has 0 saturated heterocycles. The summed E-state index contributed by atoms with van der Waals surface area (Å²) in [6, 6.07) is 0. The van der Waals surface area contributed by atoms with Gasteiger partial charge in [-0.05, 0) is 6.92 Å². The van der Waals surface area contributed by atoms with Crippen molar-refractivity contribution in [2.75, 3.05) is 12.3 Å². The zero-order chi connectivity index (χ0) is 9.84. The molecule has 70 valence electrons. The summed E-state index contributed by atoms with van der Waals surface area (Å²) in [5.74, 6) is -0.221. The predicted molar refractivity (Wildman–Crippen MR) is 49.0 cm³/mol. The molecule has 0 spiro atoms. The number of carbonyl (C=O) groups excluding carboxylic acids is 1. The summed E-state index contributed by atoms with van der Waals surface area (Å²) in [6.07, 6.45) is 2.77. The van der Waals surface area contributed by atoms with Crippen molar-refractivity contribution in [3.05, 3.63) is 18.3 Å². The van der Waals surface area contributed by atoms with Crippen molar-refractivity contribution >= 4 is 18.0 Å². The molecule has 0 aliphatic carbocycles. The van der Waals surface area contributed by atoms with E-state index in [1.807, 2.05) is 0 Å². The third-order valence-corrected chi connectivity index (χ3v) is 1.50. The van der Waals surface area contributed by atoms with Gasteiger partial charge in [0.05, 0.1) is 12.8 Å². The van der Waals surface area contributed by atoms with E-state index in [0.717, 1.165) is 0 Å². The highest BCUT2D eigenvalue weighted by atomic mass is 16.5. The molecule has 13 heavy (non-hydrogen) atoms. The molecule has 2 N–H and O–H groups in total. The number of anilines is 1. The van der Waals surface area contributed by atoms with Gasteiger partial charge in [-0.3, -0.25) is 0 Å². The smallest absolute Gasteiger partial charge is 0.343 e. The van der Waals surface area contributed by atoms with Crippen molar-refractivity contribution in [1.29, 1.82) is 0 Å². The minimum absolute atomic E-state index is 0.244. The Morgan fingerprint density at radius 2 is 2.62 bits per heavy atom. The van der Waals surface area contributed by atoms with Gasteiger partial charge in [-0.25, -0.2) is 9.48 Å². The van der Waals surface area contributed by atoms with Gasteiger partial charge >= 0.3 is 5.97 Å². The Morgan fingerprint density at radius 3 is 3.08 bits per heavy atom. The van der Waals surface area contributed by atoms with E-state index in [9.17, 15) is 4.79 Å². The van der Waals surface area contributed by atoms with Gasteiger partial charge in [0.25, 0.3) is 0 Å². The molecule has 0 unspecified atom stereocenters. The number of carbonyl (C=O) groups is 1. The first-order valence-electron chi connectivity index (χ1n) is 3.83. The molecule has 1 heterocycles. The van der Waals surface area contributed by atoms with E-state index >= 15 is 0 Å². The van der Waals surface area contributed by atoms with Gasteiger partial charge in [-0.2, -0.15) is 5.10 Å². The average molecular weight is 181 g/mol. The van der Waals surface area contributed by atoms with Crippen molar-refractivity contribution in [2.24, 2.45) is 0 Å². The molecule has 0 amide bonds. The number of aromatic nitrogens is 2. The van der Waals surface area contributed by atoms with Crippen LogP contribution < -0.4 is 5.73 Å². The second-order valence-corrected chi connectivity index (χ2v) is 2.29. The molecule has 1 aromatic rings. The van der Waals surface area contributed by atoms with Crippen LogP contribution in [0.3, 0.4) is 0 Å². The molecule has 5 heteroatoms. The van der Waals surface area contributed by atoms with Crippen LogP contribution in [0.1, 0.15) is 17.3 Å². The third-order valence-electron chi connectivity index (χ3n) is 1.50. The topological polar surface area (TPSA) is 70.1 Å². The van der Waals surface area contributed by atoms with Crippen LogP contribution in [0.4, 0.5) is 5.82 Å². The van der Waals surface area contributed by atoms with E-state index < -0.39 is 5.97 Å². The number of nitrogen functional groups attached to an aromatic ring is 1. The molecule has 5 nitrogen and oxygen atoms in total. The fourth-order valence-corrected chi connectivity index (χ4v) is 0.883. The second kappa shape index (κ2) is 3.75. The Balaban J connectivity index is 2.95. The number of esters is 1. The summed E-state index contributed by atoms with van der Waals surface area (Å²) >= 11 is 0. The Morgan fingerprint density at radius 1 is 1.92 bits per heavy atom. The molecule has 0 atom stereocenters. The SMILES string of the molecule is C=Cn1ncc(C(=O)OCC)c1N. The Hall–Kier alpha value is -1.78. The summed E-state index contributed by atoms with van der Waals surface area (Å²) in [5, 5.41) is 3.81. The molecular weight excluding hydrogens is 170 g/mol. The first kappa shape index (κ1) is 9.31. The van der Waals surface area contributed by atoms with Crippen molar-refractivity contribution < 1.29 is 9.53 Å². The van der Waals surface area contributed by atoms with Crippen molar-refractivity contribution in [3.63, 3.8) is 0 Å². The molecule has 1 aromatic heterocycles. The summed E-state index contributed by atoms with van der Waals surface area (Å²) in [6.45, 7) is 5.52. The van der Waals surface area contributed by atoms with Crippen molar-refractivity contribution in [1.82, 2.24) is 9.78 Å². The maximum Gasteiger partial charge on any atom is 0.343 e. The zero-order valence-electron chi connectivity index (χ0n) is 7.36. The number of hydrogen-bond donors (Lipinski definition) is 1. The number of nitrogens with zero attached hydrogens (tertiary/aromatic N) is 2. The normalized spacial score (nSPS) is 9.62. The van der Waals surface area contributed by atoms with Gasteiger partial charge in [0, 0.05) is 6.20 Å². The van der Waals surface area contributed by atoms with Crippen LogP contribution >= 0.6 is 0 Å². The Kier molecular flexibility index (Phi) is 2.69. The molecule has 1 rings (SSSR count). The van der Waals surface area contributed by atoms with Crippen LogP contribution in [0.2, 0.25) is 0 Å². The Labute approximate surface area is 75.8 Å². The lowest BCUT2D eigenvalue weighted by atomic mass is 10.3. The molecule has 0 aliphatic heterocycles. The van der Waals surface area contributed by atoms with Gasteiger partial charge < -0.3 is 10.5 Å². The first-order chi connectivity index (χ1) is 6.20. The average Bonchev–Trinajstić information content (AvgIpc) is 2.47. The van der Waals surface area contributed by atoms with E-state index in [4.69, 9.17) is 10.5 Å². The summed E-state index contributed by atoms with van der Waals surface area (Å²) < 4.78 is 6.07.